The number of carbonyl (C=O) groups is 1. The zero-order valence-corrected chi connectivity index (χ0v) is 17.9. The average Bonchev–Trinajstić information content (AvgIpc) is 2.78. The lowest BCUT2D eigenvalue weighted by molar-refractivity contribution is 0.0939. The minimum absolute atomic E-state index is 0.102. The Morgan fingerprint density at radius 2 is 1.71 bits per heavy atom. The molecule has 0 saturated carbocycles. The third kappa shape index (κ3) is 5.68. The number of hydrogen-bond donors (Lipinski definition) is 2. The lowest BCUT2D eigenvalue weighted by atomic mass is 10.1. The number of methoxy groups -OCH3 is 1. The molecule has 1 atom stereocenters. The highest BCUT2D eigenvalue weighted by molar-refractivity contribution is 7.89. The van der Waals surface area contributed by atoms with Gasteiger partial charge in [0.05, 0.1) is 13.2 Å². The van der Waals surface area contributed by atoms with Gasteiger partial charge in [-0.05, 0) is 48.4 Å². The third-order valence-corrected chi connectivity index (χ3v) is 6.16. The van der Waals surface area contributed by atoms with Gasteiger partial charge >= 0.3 is 0 Å². The zero-order chi connectivity index (χ0) is 22.4. The van der Waals surface area contributed by atoms with Gasteiger partial charge in [-0.25, -0.2) is 17.5 Å². The largest absolute Gasteiger partial charge is 0.495 e. The Morgan fingerprint density at radius 1 is 1.03 bits per heavy atom. The third-order valence-electron chi connectivity index (χ3n) is 4.74. The molecule has 0 bridgehead atoms. The lowest BCUT2D eigenvalue weighted by Crippen LogP contribution is -2.28. The molecule has 0 spiro atoms. The van der Waals surface area contributed by atoms with Crippen molar-refractivity contribution in [3.8, 4) is 5.75 Å². The summed E-state index contributed by atoms with van der Waals surface area (Å²) in [5.74, 6) is -0.696. The minimum Gasteiger partial charge on any atom is -0.495 e. The van der Waals surface area contributed by atoms with Crippen molar-refractivity contribution in [1.29, 1.82) is 0 Å². The summed E-state index contributed by atoms with van der Waals surface area (Å²) in [6, 6.07) is 18.7. The van der Waals surface area contributed by atoms with Crippen molar-refractivity contribution in [3.63, 3.8) is 0 Å². The molecule has 0 fully saturated rings. The first-order valence-corrected chi connectivity index (χ1v) is 11.1. The molecule has 3 rings (SSSR count). The average molecular weight is 443 g/mol. The summed E-state index contributed by atoms with van der Waals surface area (Å²) in [4.78, 5) is 12.6. The van der Waals surface area contributed by atoms with E-state index in [0.29, 0.717) is 0 Å². The number of benzene rings is 3. The van der Waals surface area contributed by atoms with Gasteiger partial charge in [-0.2, -0.15) is 0 Å². The summed E-state index contributed by atoms with van der Waals surface area (Å²) >= 11 is 0. The quantitative estimate of drug-likeness (QED) is 0.556. The first-order chi connectivity index (χ1) is 14.8. The van der Waals surface area contributed by atoms with E-state index in [1.54, 1.807) is 31.2 Å². The molecule has 31 heavy (non-hydrogen) atoms. The molecule has 2 N–H and O–H groups in total. The number of nitrogens with one attached hydrogen (secondary N) is 2. The van der Waals surface area contributed by atoms with Crippen LogP contribution in [0.25, 0.3) is 0 Å². The van der Waals surface area contributed by atoms with Crippen LogP contribution in [0, 0.1) is 5.82 Å². The molecule has 1 amide bonds. The van der Waals surface area contributed by atoms with Gasteiger partial charge in [-0.1, -0.05) is 42.5 Å². The van der Waals surface area contributed by atoms with Gasteiger partial charge in [0.25, 0.3) is 5.91 Å². The molecule has 3 aromatic carbocycles. The Kier molecular flexibility index (Phi) is 7.04. The van der Waals surface area contributed by atoms with Gasteiger partial charge in [0.1, 0.15) is 16.5 Å². The second-order valence-corrected chi connectivity index (χ2v) is 8.66. The summed E-state index contributed by atoms with van der Waals surface area (Å²) in [7, 11) is -2.58. The fourth-order valence-electron chi connectivity index (χ4n) is 2.99. The van der Waals surface area contributed by atoms with Crippen LogP contribution in [-0.4, -0.2) is 21.4 Å². The maximum absolute atomic E-state index is 13.1. The van der Waals surface area contributed by atoms with E-state index in [-0.39, 0.29) is 28.6 Å². The Balaban J connectivity index is 1.80. The molecule has 3 aromatic rings. The van der Waals surface area contributed by atoms with Crippen LogP contribution in [0.5, 0.6) is 5.75 Å². The molecule has 162 valence electrons. The highest BCUT2D eigenvalue weighted by Gasteiger charge is 2.22. The predicted molar refractivity (Wildman–Crippen MR) is 116 cm³/mol. The van der Waals surface area contributed by atoms with Crippen molar-refractivity contribution >= 4 is 15.9 Å². The molecule has 8 heteroatoms. The number of ether oxygens (including phenoxy) is 1. The van der Waals surface area contributed by atoms with E-state index >= 15 is 0 Å². The van der Waals surface area contributed by atoms with Crippen molar-refractivity contribution in [3.05, 3.63) is 95.3 Å². The Bertz CT molecular complexity index is 1150. The van der Waals surface area contributed by atoms with E-state index in [0.717, 1.165) is 11.1 Å². The SMILES string of the molecule is COc1ccc(C(=O)N[C@@H](C)c2ccc(F)cc2)cc1S(=O)(=O)NCc1ccccc1. The molecule has 6 nitrogen and oxygen atoms in total. The van der Waals surface area contributed by atoms with E-state index in [1.165, 1.54) is 37.4 Å². The molecule has 0 radical (unpaired) electrons. The van der Waals surface area contributed by atoms with Crippen molar-refractivity contribution in [1.82, 2.24) is 10.0 Å². The van der Waals surface area contributed by atoms with Gasteiger partial charge in [-0.15, -0.1) is 0 Å². The smallest absolute Gasteiger partial charge is 0.251 e. The summed E-state index contributed by atoms with van der Waals surface area (Å²) < 4.78 is 46.6. The highest BCUT2D eigenvalue weighted by Crippen LogP contribution is 2.25. The summed E-state index contributed by atoms with van der Waals surface area (Å²) in [5.41, 5.74) is 1.68. The first-order valence-electron chi connectivity index (χ1n) is 9.58. The number of carbonyl (C=O) groups excluding carboxylic acids is 1. The lowest BCUT2D eigenvalue weighted by Gasteiger charge is -2.16. The number of sulfonamides is 1. The van der Waals surface area contributed by atoms with E-state index in [2.05, 4.69) is 10.0 Å². The van der Waals surface area contributed by atoms with Crippen LogP contribution in [-0.2, 0) is 16.6 Å². The minimum atomic E-state index is -3.94. The van der Waals surface area contributed by atoms with Crippen LogP contribution >= 0.6 is 0 Å². The van der Waals surface area contributed by atoms with Crippen molar-refractivity contribution in [2.75, 3.05) is 7.11 Å². The van der Waals surface area contributed by atoms with E-state index in [4.69, 9.17) is 4.74 Å². The van der Waals surface area contributed by atoms with Crippen molar-refractivity contribution < 1.29 is 22.3 Å². The maximum Gasteiger partial charge on any atom is 0.251 e. The van der Waals surface area contributed by atoms with Crippen molar-refractivity contribution in [2.24, 2.45) is 0 Å². The van der Waals surface area contributed by atoms with E-state index in [1.807, 2.05) is 18.2 Å². The predicted octanol–water partition coefficient (Wildman–Crippen LogP) is 3.80. The maximum atomic E-state index is 13.1. The van der Waals surface area contributed by atoms with Crippen LogP contribution < -0.4 is 14.8 Å². The second-order valence-electron chi connectivity index (χ2n) is 6.92. The van der Waals surface area contributed by atoms with Crippen LogP contribution in [0.15, 0.2) is 77.7 Å². The molecule has 0 aliphatic heterocycles. The fourth-order valence-corrected chi connectivity index (χ4v) is 4.21. The molecule has 0 aliphatic rings. The Hall–Kier alpha value is -3.23. The monoisotopic (exact) mass is 442 g/mol. The second kappa shape index (κ2) is 9.72. The molecule has 0 heterocycles. The van der Waals surface area contributed by atoms with Crippen LogP contribution in [0.1, 0.15) is 34.5 Å². The van der Waals surface area contributed by atoms with Crippen LogP contribution in [0.3, 0.4) is 0 Å². The van der Waals surface area contributed by atoms with Crippen LogP contribution in [0.2, 0.25) is 0 Å². The molecular weight excluding hydrogens is 419 g/mol. The molecule has 0 unspecified atom stereocenters. The number of halogens is 1. The first kappa shape index (κ1) is 22.5. The van der Waals surface area contributed by atoms with Gasteiger partial charge in [0.2, 0.25) is 10.0 Å². The highest BCUT2D eigenvalue weighted by atomic mass is 32.2. The summed E-state index contributed by atoms with van der Waals surface area (Å²) in [6.45, 7) is 1.86. The van der Waals surface area contributed by atoms with Gasteiger partial charge in [0.15, 0.2) is 0 Å². The summed E-state index contributed by atoms with van der Waals surface area (Å²) in [6.07, 6.45) is 0. The molecular formula is C23H23FN2O4S. The van der Waals surface area contributed by atoms with E-state index in [9.17, 15) is 17.6 Å². The van der Waals surface area contributed by atoms with E-state index < -0.39 is 22.0 Å². The zero-order valence-electron chi connectivity index (χ0n) is 17.1. The number of rotatable bonds is 8. The normalized spacial score (nSPS) is 12.2. The molecule has 0 saturated heterocycles. The Labute approximate surface area is 181 Å². The molecule has 0 aromatic heterocycles. The topological polar surface area (TPSA) is 84.5 Å². The molecule has 0 aliphatic carbocycles. The fraction of sp³-hybridized carbons (Fsp3) is 0.174. The number of amides is 1. The Morgan fingerprint density at radius 3 is 2.35 bits per heavy atom. The van der Waals surface area contributed by atoms with Gasteiger partial charge in [-0.3, -0.25) is 4.79 Å². The number of hydrogen-bond acceptors (Lipinski definition) is 4. The van der Waals surface area contributed by atoms with Crippen molar-refractivity contribution in [2.45, 2.75) is 24.4 Å². The van der Waals surface area contributed by atoms with Gasteiger partial charge < -0.3 is 10.1 Å². The standard InChI is InChI=1S/C23H23FN2O4S/c1-16(18-8-11-20(24)12-9-18)26-23(27)19-10-13-21(30-2)22(14-19)31(28,29)25-15-17-6-4-3-5-7-17/h3-14,16,25H,15H2,1-2H3,(H,26,27)/t16-/m0/s1. The van der Waals surface area contributed by atoms with Gasteiger partial charge in [0, 0.05) is 12.1 Å². The van der Waals surface area contributed by atoms with Crippen LogP contribution in [0.4, 0.5) is 4.39 Å². The summed E-state index contributed by atoms with van der Waals surface area (Å²) in [5, 5.41) is 2.79.